The van der Waals surface area contributed by atoms with Gasteiger partial charge in [-0.05, 0) is 25.3 Å². The summed E-state index contributed by atoms with van der Waals surface area (Å²) in [6.07, 6.45) is 2.02. The molecule has 0 aliphatic carbocycles. The number of benzene rings is 1. The molecular formula is C16H21ClN2O2. The molecule has 1 saturated heterocycles. The molecule has 1 aliphatic rings. The Kier molecular flexibility index (Phi) is 5.62. The maximum absolute atomic E-state index is 12.2. The Balaban J connectivity index is 1.78. The summed E-state index contributed by atoms with van der Waals surface area (Å²) >= 11 is 5.74. The fourth-order valence-corrected chi connectivity index (χ4v) is 2.53. The van der Waals surface area contributed by atoms with Crippen molar-refractivity contribution in [2.75, 3.05) is 13.1 Å². The van der Waals surface area contributed by atoms with Crippen molar-refractivity contribution in [3.63, 3.8) is 0 Å². The van der Waals surface area contributed by atoms with E-state index in [1.54, 1.807) is 6.92 Å². The van der Waals surface area contributed by atoms with Gasteiger partial charge in [0.1, 0.15) is 5.38 Å². The van der Waals surface area contributed by atoms with E-state index in [4.69, 9.17) is 11.6 Å². The van der Waals surface area contributed by atoms with Gasteiger partial charge in [0.25, 0.3) is 0 Å². The Morgan fingerprint density at radius 2 is 1.90 bits per heavy atom. The highest BCUT2D eigenvalue weighted by molar-refractivity contribution is 6.30. The van der Waals surface area contributed by atoms with Crippen LogP contribution >= 0.6 is 11.6 Å². The summed E-state index contributed by atoms with van der Waals surface area (Å²) < 4.78 is 0. The number of amides is 2. The van der Waals surface area contributed by atoms with Crippen LogP contribution < -0.4 is 5.32 Å². The van der Waals surface area contributed by atoms with Gasteiger partial charge in [0.05, 0.1) is 6.42 Å². The predicted octanol–water partition coefficient (Wildman–Crippen LogP) is 1.96. The molecule has 1 aromatic rings. The Bertz CT molecular complexity index is 482. The molecule has 1 aromatic carbocycles. The van der Waals surface area contributed by atoms with Crippen LogP contribution in [0, 0.1) is 0 Å². The summed E-state index contributed by atoms with van der Waals surface area (Å²) in [5.41, 5.74) is 1.04. The number of nitrogens with zero attached hydrogens (tertiary/aromatic N) is 1. The van der Waals surface area contributed by atoms with Crippen molar-refractivity contribution in [1.82, 2.24) is 10.2 Å². The van der Waals surface area contributed by atoms with Gasteiger partial charge in [-0.1, -0.05) is 30.3 Å². The topological polar surface area (TPSA) is 49.4 Å². The fraction of sp³-hybridized carbons (Fsp3) is 0.500. The van der Waals surface area contributed by atoms with Gasteiger partial charge in [0.15, 0.2) is 0 Å². The van der Waals surface area contributed by atoms with E-state index < -0.39 is 5.38 Å². The lowest BCUT2D eigenvalue weighted by atomic mass is 10.0. The van der Waals surface area contributed by atoms with Crippen LogP contribution in [0.4, 0.5) is 0 Å². The molecule has 4 nitrogen and oxygen atoms in total. The van der Waals surface area contributed by atoms with Crippen LogP contribution in [-0.4, -0.2) is 41.2 Å². The van der Waals surface area contributed by atoms with Crippen molar-refractivity contribution in [2.24, 2.45) is 0 Å². The van der Waals surface area contributed by atoms with E-state index in [2.05, 4.69) is 5.32 Å². The largest absolute Gasteiger partial charge is 0.352 e. The summed E-state index contributed by atoms with van der Waals surface area (Å²) in [6, 6.07) is 9.88. The highest BCUT2D eigenvalue weighted by atomic mass is 35.5. The lowest BCUT2D eigenvalue weighted by Gasteiger charge is -2.32. The lowest BCUT2D eigenvalue weighted by molar-refractivity contribution is -0.131. The Hall–Kier alpha value is -1.55. The maximum Gasteiger partial charge on any atom is 0.237 e. The van der Waals surface area contributed by atoms with Gasteiger partial charge < -0.3 is 10.2 Å². The molecule has 114 valence electrons. The second-order valence-corrected chi connectivity index (χ2v) is 6.10. The first-order chi connectivity index (χ1) is 10.1. The highest BCUT2D eigenvalue weighted by Gasteiger charge is 2.24. The van der Waals surface area contributed by atoms with Crippen LogP contribution in [0.1, 0.15) is 25.3 Å². The third-order valence-corrected chi connectivity index (χ3v) is 3.95. The van der Waals surface area contributed by atoms with Crippen molar-refractivity contribution in [3.05, 3.63) is 35.9 Å². The molecule has 2 rings (SSSR count). The molecule has 21 heavy (non-hydrogen) atoms. The number of likely N-dealkylation sites (tertiary alicyclic amines) is 1. The SMILES string of the molecule is CC(Cl)C(=O)NC1CCN(C(=O)Cc2ccccc2)CC1. The Morgan fingerprint density at radius 3 is 2.48 bits per heavy atom. The van der Waals surface area contributed by atoms with Crippen LogP contribution in [0.3, 0.4) is 0 Å². The molecule has 0 spiro atoms. The summed E-state index contributed by atoms with van der Waals surface area (Å²) in [5.74, 6) is 0.0161. The first-order valence-electron chi connectivity index (χ1n) is 7.32. The van der Waals surface area contributed by atoms with E-state index in [9.17, 15) is 9.59 Å². The van der Waals surface area contributed by atoms with Crippen molar-refractivity contribution < 1.29 is 9.59 Å². The minimum atomic E-state index is -0.511. The summed E-state index contributed by atoms with van der Waals surface area (Å²) in [7, 11) is 0. The molecule has 0 aromatic heterocycles. The number of alkyl halides is 1. The fourth-order valence-electron chi connectivity index (χ4n) is 2.47. The lowest BCUT2D eigenvalue weighted by Crippen LogP contribution is -2.48. The van der Waals surface area contributed by atoms with Gasteiger partial charge in [0.2, 0.25) is 11.8 Å². The van der Waals surface area contributed by atoms with E-state index in [1.807, 2.05) is 35.2 Å². The number of nitrogens with one attached hydrogen (secondary N) is 1. The van der Waals surface area contributed by atoms with E-state index in [1.165, 1.54) is 0 Å². The molecule has 1 unspecified atom stereocenters. The minimum absolute atomic E-state index is 0.125. The van der Waals surface area contributed by atoms with Crippen LogP contribution in [0.5, 0.6) is 0 Å². The zero-order chi connectivity index (χ0) is 15.2. The molecular weight excluding hydrogens is 288 g/mol. The van der Waals surface area contributed by atoms with Crippen LogP contribution in [0.2, 0.25) is 0 Å². The number of hydrogen-bond donors (Lipinski definition) is 1. The first kappa shape index (κ1) is 15.8. The molecule has 2 amide bonds. The molecule has 1 aliphatic heterocycles. The average Bonchev–Trinajstić information content (AvgIpc) is 2.48. The number of rotatable bonds is 4. The van der Waals surface area contributed by atoms with Gasteiger partial charge >= 0.3 is 0 Å². The number of piperidine rings is 1. The molecule has 1 heterocycles. The van der Waals surface area contributed by atoms with E-state index in [0.717, 1.165) is 18.4 Å². The first-order valence-corrected chi connectivity index (χ1v) is 7.76. The van der Waals surface area contributed by atoms with E-state index >= 15 is 0 Å². The zero-order valence-electron chi connectivity index (χ0n) is 12.2. The van der Waals surface area contributed by atoms with Gasteiger partial charge in [-0.2, -0.15) is 0 Å². The zero-order valence-corrected chi connectivity index (χ0v) is 13.0. The molecule has 5 heteroatoms. The van der Waals surface area contributed by atoms with Crippen molar-refractivity contribution in [2.45, 2.75) is 37.6 Å². The molecule has 0 radical (unpaired) electrons. The summed E-state index contributed by atoms with van der Waals surface area (Å²) in [6.45, 7) is 3.04. The van der Waals surface area contributed by atoms with E-state index in [0.29, 0.717) is 19.5 Å². The Morgan fingerprint density at radius 1 is 1.29 bits per heavy atom. The normalized spacial score (nSPS) is 17.3. The van der Waals surface area contributed by atoms with Gasteiger partial charge in [-0.15, -0.1) is 11.6 Å². The predicted molar refractivity (Wildman–Crippen MR) is 83.2 cm³/mol. The average molecular weight is 309 g/mol. The number of halogens is 1. The van der Waals surface area contributed by atoms with Crippen LogP contribution in [0.15, 0.2) is 30.3 Å². The molecule has 1 N–H and O–H groups in total. The van der Waals surface area contributed by atoms with Crippen LogP contribution in [-0.2, 0) is 16.0 Å². The van der Waals surface area contributed by atoms with Gasteiger partial charge in [-0.25, -0.2) is 0 Å². The standard InChI is InChI=1S/C16H21ClN2O2/c1-12(17)16(21)18-14-7-9-19(10-8-14)15(20)11-13-5-3-2-4-6-13/h2-6,12,14H,7-11H2,1H3,(H,18,21). The number of carbonyl (C=O) groups excluding carboxylic acids is 2. The molecule has 0 bridgehead atoms. The van der Waals surface area contributed by atoms with Crippen molar-refractivity contribution >= 4 is 23.4 Å². The summed E-state index contributed by atoms with van der Waals surface area (Å²) in [5, 5.41) is 2.41. The second-order valence-electron chi connectivity index (χ2n) is 5.44. The van der Waals surface area contributed by atoms with Gasteiger partial charge in [-0.3, -0.25) is 9.59 Å². The van der Waals surface area contributed by atoms with Crippen LogP contribution in [0.25, 0.3) is 0 Å². The van der Waals surface area contributed by atoms with E-state index in [-0.39, 0.29) is 17.9 Å². The third kappa shape index (κ3) is 4.74. The number of carbonyl (C=O) groups is 2. The monoisotopic (exact) mass is 308 g/mol. The quantitative estimate of drug-likeness (QED) is 0.865. The third-order valence-electron chi connectivity index (χ3n) is 3.75. The second kappa shape index (κ2) is 7.46. The van der Waals surface area contributed by atoms with Crippen molar-refractivity contribution in [1.29, 1.82) is 0 Å². The molecule has 1 fully saturated rings. The Labute approximate surface area is 130 Å². The molecule has 1 atom stereocenters. The number of hydrogen-bond acceptors (Lipinski definition) is 2. The molecule has 0 saturated carbocycles. The summed E-state index contributed by atoms with van der Waals surface area (Å²) in [4.78, 5) is 25.6. The minimum Gasteiger partial charge on any atom is -0.352 e. The van der Waals surface area contributed by atoms with Gasteiger partial charge in [0, 0.05) is 19.1 Å². The highest BCUT2D eigenvalue weighted by Crippen LogP contribution is 2.13. The smallest absolute Gasteiger partial charge is 0.237 e. The maximum atomic E-state index is 12.2. The van der Waals surface area contributed by atoms with Crippen molar-refractivity contribution in [3.8, 4) is 0 Å².